The van der Waals surface area contributed by atoms with E-state index in [4.69, 9.17) is 5.73 Å². The summed E-state index contributed by atoms with van der Waals surface area (Å²) in [7, 11) is 0. The smallest absolute Gasteiger partial charge is 0.136 e. The van der Waals surface area contributed by atoms with E-state index in [1.54, 1.807) is 6.20 Å². The van der Waals surface area contributed by atoms with Gasteiger partial charge in [-0.15, -0.1) is 0 Å². The van der Waals surface area contributed by atoms with Gasteiger partial charge in [-0.3, -0.25) is 0 Å². The first kappa shape index (κ1) is 9.27. The minimum absolute atomic E-state index is 0.217. The molecule has 0 spiro atoms. The number of nitrogens with two attached hydrogens (primary N) is 1. The van der Waals surface area contributed by atoms with Gasteiger partial charge in [-0.05, 0) is 24.5 Å². The number of aryl methyl sites for hydroxylation is 1. The lowest BCUT2D eigenvalue weighted by atomic mass is 10.2. The Kier molecular flexibility index (Phi) is 3.04. The molecule has 3 heteroatoms. The Hall–Kier alpha value is -1.82. The van der Waals surface area contributed by atoms with Crippen LogP contribution in [0, 0.1) is 18.8 Å². The average molecular weight is 174 g/mol. The third-order valence-corrected chi connectivity index (χ3v) is 1.60. The molecule has 0 aliphatic rings. The maximum absolute atomic E-state index is 9.99. The number of anilines is 1. The summed E-state index contributed by atoms with van der Waals surface area (Å²) in [6.45, 7) is 1.89. The highest BCUT2D eigenvalue weighted by atomic mass is 16.1. The zero-order valence-corrected chi connectivity index (χ0v) is 7.37. The van der Waals surface area contributed by atoms with Gasteiger partial charge < -0.3 is 10.5 Å². The van der Waals surface area contributed by atoms with Crippen molar-refractivity contribution in [2.75, 3.05) is 5.73 Å². The second-order valence-corrected chi connectivity index (χ2v) is 2.56. The summed E-state index contributed by atoms with van der Waals surface area (Å²) < 4.78 is 0. The fraction of sp³-hybridized carbons (Fsp3) is 0.200. The minimum atomic E-state index is 0.217. The lowest BCUT2D eigenvalue weighted by molar-refractivity contribution is -0.107. The van der Waals surface area contributed by atoms with E-state index in [-0.39, 0.29) is 6.42 Å². The van der Waals surface area contributed by atoms with Crippen molar-refractivity contribution in [3.63, 3.8) is 0 Å². The summed E-state index contributed by atoms with van der Waals surface area (Å²) >= 11 is 0. The van der Waals surface area contributed by atoms with Crippen LogP contribution in [0.25, 0.3) is 0 Å². The number of aromatic nitrogens is 1. The zero-order valence-electron chi connectivity index (χ0n) is 7.37. The fourth-order valence-electron chi connectivity index (χ4n) is 0.846. The first-order valence-electron chi connectivity index (χ1n) is 3.89. The summed E-state index contributed by atoms with van der Waals surface area (Å²) in [5.74, 6) is 5.40. The molecule has 0 bridgehead atoms. The van der Waals surface area contributed by atoms with Gasteiger partial charge in [-0.2, -0.15) is 0 Å². The molecule has 1 rings (SSSR count). The van der Waals surface area contributed by atoms with E-state index in [2.05, 4.69) is 16.8 Å². The topological polar surface area (TPSA) is 56.0 Å². The second-order valence-electron chi connectivity index (χ2n) is 2.56. The van der Waals surface area contributed by atoms with Crippen molar-refractivity contribution in [3.05, 3.63) is 23.5 Å². The first-order valence-corrected chi connectivity index (χ1v) is 3.89. The number of carbonyl (C=O) groups excluding carboxylic acids is 1. The molecule has 0 radical (unpaired) electrons. The molecule has 0 aliphatic heterocycles. The molecule has 0 unspecified atom stereocenters. The maximum Gasteiger partial charge on any atom is 0.136 e. The van der Waals surface area contributed by atoms with Gasteiger partial charge in [0.2, 0.25) is 0 Å². The molecule has 0 atom stereocenters. The van der Waals surface area contributed by atoms with Crippen LogP contribution in [0.4, 0.5) is 5.69 Å². The Balaban J connectivity index is 2.97. The molecule has 0 aliphatic carbocycles. The molecule has 66 valence electrons. The molecule has 1 aromatic rings. The van der Waals surface area contributed by atoms with Crippen LogP contribution < -0.4 is 5.73 Å². The average Bonchev–Trinajstić information content (AvgIpc) is 2.13. The SMILES string of the molecule is Cc1ccnc(C#CCC=O)c1N. The Bertz CT molecular complexity index is 374. The molecule has 0 amide bonds. The molecular weight excluding hydrogens is 164 g/mol. The lowest BCUT2D eigenvalue weighted by Gasteiger charge is -1.99. The van der Waals surface area contributed by atoms with Gasteiger partial charge in [0.15, 0.2) is 0 Å². The monoisotopic (exact) mass is 174 g/mol. The maximum atomic E-state index is 9.99. The van der Waals surface area contributed by atoms with E-state index in [0.29, 0.717) is 11.4 Å². The third kappa shape index (κ3) is 2.31. The molecule has 13 heavy (non-hydrogen) atoms. The van der Waals surface area contributed by atoms with Crippen LogP contribution >= 0.6 is 0 Å². The highest BCUT2D eigenvalue weighted by Crippen LogP contribution is 2.11. The van der Waals surface area contributed by atoms with Gasteiger partial charge in [-0.1, -0.05) is 5.92 Å². The summed E-state index contributed by atoms with van der Waals surface area (Å²) in [4.78, 5) is 14.0. The Morgan fingerprint density at radius 2 is 2.46 bits per heavy atom. The number of rotatable bonds is 1. The number of nitrogen functional groups attached to an aromatic ring is 1. The van der Waals surface area contributed by atoms with Crippen LogP contribution in [-0.4, -0.2) is 11.3 Å². The van der Waals surface area contributed by atoms with Crippen molar-refractivity contribution in [1.82, 2.24) is 4.98 Å². The molecular formula is C10H10N2O. The largest absolute Gasteiger partial charge is 0.396 e. The number of hydrogen-bond acceptors (Lipinski definition) is 3. The van der Waals surface area contributed by atoms with Crippen molar-refractivity contribution in [2.45, 2.75) is 13.3 Å². The molecule has 1 heterocycles. The highest BCUT2D eigenvalue weighted by Gasteiger charge is 1.98. The summed E-state index contributed by atoms with van der Waals surface area (Å²) in [5, 5.41) is 0. The van der Waals surface area contributed by atoms with Crippen molar-refractivity contribution in [2.24, 2.45) is 0 Å². The van der Waals surface area contributed by atoms with Gasteiger partial charge in [0, 0.05) is 6.20 Å². The van der Waals surface area contributed by atoms with E-state index < -0.39 is 0 Å². The van der Waals surface area contributed by atoms with E-state index in [1.165, 1.54) is 0 Å². The van der Waals surface area contributed by atoms with Crippen LogP contribution in [0.2, 0.25) is 0 Å². The highest BCUT2D eigenvalue weighted by molar-refractivity contribution is 5.59. The van der Waals surface area contributed by atoms with Crippen LogP contribution in [0.15, 0.2) is 12.3 Å². The predicted octanol–water partition coefficient (Wildman–Crippen LogP) is 0.913. The third-order valence-electron chi connectivity index (χ3n) is 1.60. The molecule has 1 aromatic heterocycles. The van der Waals surface area contributed by atoms with Crippen molar-refractivity contribution < 1.29 is 4.79 Å². The van der Waals surface area contributed by atoms with E-state index >= 15 is 0 Å². The summed E-state index contributed by atoms with van der Waals surface area (Å²) in [5.41, 5.74) is 7.79. The Morgan fingerprint density at radius 1 is 1.69 bits per heavy atom. The van der Waals surface area contributed by atoms with Crippen molar-refractivity contribution in [1.29, 1.82) is 0 Å². The molecule has 0 saturated heterocycles. The summed E-state index contributed by atoms with van der Waals surface area (Å²) in [6, 6.07) is 1.82. The summed E-state index contributed by atoms with van der Waals surface area (Å²) in [6.07, 6.45) is 2.62. The predicted molar refractivity (Wildman–Crippen MR) is 50.9 cm³/mol. The van der Waals surface area contributed by atoms with Gasteiger partial charge in [-0.25, -0.2) is 4.98 Å². The normalized spacial score (nSPS) is 8.69. The second kappa shape index (κ2) is 4.27. The van der Waals surface area contributed by atoms with Crippen LogP contribution in [0.5, 0.6) is 0 Å². The minimum Gasteiger partial charge on any atom is -0.396 e. The van der Waals surface area contributed by atoms with Gasteiger partial charge in [0.25, 0.3) is 0 Å². The van der Waals surface area contributed by atoms with Crippen LogP contribution in [0.1, 0.15) is 17.7 Å². The van der Waals surface area contributed by atoms with Gasteiger partial charge in [0.05, 0.1) is 12.1 Å². The van der Waals surface area contributed by atoms with Crippen molar-refractivity contribution >= 4 is 12.0 Å². The molecule has 0 fully saturated rings. The van der Waals surface area contributed by atoms with Crippen LogP contribution in [-0.2, 0) is 4.79 Å². The standard InChI is InChI=1S/C10H10N2O/c1-8-5-6-12-9(10(8)11)4-2-3-7-13/h5-7H,3,11H2,1H3. The first-order chi connectivity index (χ1) is 6.25. The molecule has 0 saturated carbocycles. The quantitative estimate of drug-likeness (QED) is 0.508. The Labute approximate surface area is 77.0 Å². The number of nitrogens with zero attached hydrogens (tertiary/aromatic N) is 1. The van der Waals surface area contributed by atoms with E-state index in [0.717, 1.165) is 11.8 Å². The number of pyridine rings is 1. The molecule has 2 N–H and O–H groups in total. The lowest BCUT2D eigenvalue weighted by Crippen LogP contribution is -1.96. The number of aldehydes is 1. The van der Waals surface area contributed by atoms with Crippen LogP contribution in [0.3, 0.4) is 0 Å². The van der Waals surface area contributed by atoms with E-state index in [9.17, 15) is 4.79 Å². The van der Waals surface area contributed by atoms with E-state index in [1.807, 2.05) is 13.0 Å². The fourth-order valence-corrected chi connectivity index (χ4v) is 0.846. The molecule has 0 aromatic carbocycles. The Morgan fingerprint density at radius 3 is 3.15 bits per heavy atom. The number of hydrogen-bond donors (Lipinski definition) is 1. The zero-order chi connectivity index (χ0) is 9.68. The molecule has 3 nitrogen and oxygen atoms in total. The van der Waals surface area contributed by atoms with Gasteiger partial charge >= 0.3 is 0 Å². The number of carbonyl (C=O) groups is 1. The van der Waals surface area contributed by atoms with Gasteiger partial charge in [0.1, 0.15) is 12.0 Å². The van der Waals surface area contributed by atoms with Crippen molar-refractivity contribution in [3.8, 4) is 11.8 Å².